The maximum Gasteiger partial charge on any atom is 0.214 e. The van der Waals surface area contributed by atoms with E-state index in [1.165, 1.54) is 6.42 Å². The molecule has 3 unspecified atom stereocenters. The molecule has 1 aromatic heterocycles. The SMILES string of the molecule is CC1CCC(Oc2cc(CO)cc(C(C)(C)C)n2)CC1C. The van der Waals surface area contributed by atoms with E-state index in [2.05, 4.69) is 39.6 Å². The molecule has 1 aliphatic carbocycles. The van der Waals surface area contributed by atoms with Crippen molar-refractivity contribution in [3.8, 4) is 5.88 Å². The van der Waals surface area contributed by atoms with Gasteiger partial charge in [-0.1, -0.05) is 34.6 Å². The average Bonchev–Trinajstić information content (AvgIpc) is 2.41. The number of aliphatic hydroxyl groups excluding tert-OH is 1. The first kappa shape index (κ1) is 16.3. The summed E-state index contributed by atoms with van der Waals surface area (Å²) < 4.78 is 6.13. The van der Waals surface area contributed by atoms with Crippen molar-refractivity contribution in [2.24, 2.45) is 11.8 Å². The van der Waals surface area contributed by atoms with E-state index in [1.807, 2.05) is 12.1 Å². The van der Waals surface area contributed by atoms with Gasteiger partial charge < -0.3 is 9.84 Å². The first-order valence-electron chi connectivity index (χ1n) is 8.08. The molecule has 3 atom stereocenters. The van der Waals surface area contributed by atoms with Crippen molar-refractivity contribution in [2.75, 3.05) is 0 Å². The van der Waals surface area contributed by atoms with Gasteiger partial charge in [0.2, 0.25) is 5.88 Å². The number of rotatable bonds is 3. The zero-order chi connectivity index (χ0) is 15.6. The topological polar surface area (TPSA) is 42.4 Å². The van der Waals surface area contributed by atoms with Crippen LogP contribution in [0.1, 0.15) is 65.1 Å². The van der Waals surface area contributed by atoms with E-state index >= 15 is 0 Å². The number of aromatic nitrogens is 1. The summed E-state index contributed by atoms with van der Waals surface area (Å²) in [5.74, 6) is 2.15. The Kier molecular flexibility index (Phi) is 4.92. The van der Waals surface area contributed by atoms with Crippen molar-refractivity contribution in [1.82, 2.24) is 4.98 Å². The second kappa shape index (κ2) is 6.35. The fourth-order valence-corrected chi connectivity index (χ4v) is 2.87. The monoisotopic (exact) mass is 291 g/mol. The molecule has 21 heavy (non-hydrogen) atoms. The second-order valence-electron chi connectivity index (χ2n) is 7.61. The number of nitrogens with zero attached hydrogens (tertiary/aromatic N) is 1. The number of ether oxygens (including phenoxy) is 1. The third kappa shape index (κ3) is 4.19. The minimum atomic E-state index is -0.0440. The quantitative estimate of drug-likeness (QED) is 0.912. The minimum Gasteiger partial charge on any atom is -0.474 e. The van der Waals surface area contributed by atoms with Crippen molar-refractivity contribution < 1.29 is 9.84 Å². The van der Waals surface area contributed by atoms with Gasteiger partial charge in [-0.15, -0.1) is 0 Å². The fraction of sp³-hybridized carbons (Fsp3) is 0.722. The van der Waals surface area contributed by atoms with Crippen LogP contribution >= 0.6 is 0 Å². The zero-order valence-corrected chi connectivity index (χ0v) is 14.0. The lowest BCUT2D eigenvalue weighted by Gasteiger charge is -2.32. The van der Waals surface area contributed by atoms with Crippen LogP contribution in [-0.4, -0.2) is 16.2 Å². The average molecular weight is 291 g/mol. The van der Waals surface area contributed by atoms with Gasteiger partial charge in [0.1, 0.15) is 6.10 Å². The van der Waals surface area contributed by atoms with Gasteiger partial charge in [0.25, 0.3) is 0 Å². The zero-order valence-electron chi connectivity index (χ0n) is 14.0. The summed E-state index contributed by atoms with van der Waals surface area (Å²) in [6, 6.07) is 3.84. The Labute approximate surface area is 128 Å². The molecule has 1 fully saturated rings. The molecule has 2 rings (SSSR count). The van der Waals surface area contributed by atoms with Gasteiger partial charge in [0, 0.05) is 11.5 Å². The van der Waals surface area contributed by atoms with Crippen LogP contribution in [0.4, 0.5) is 0 Å². The Hall–Kier alpha value is -1.09. The smallest absolute Gasteiger partial charge is 0.214 e. The Balaban J connectivity index is 2.16. The Morgan fingerprint density at radius 3 is 2.48 bits per heavy atom. The molecule has 0 aliphatic heterocycles. The molecule has 3 nitrogen and oxygen atoms in total. The molecule has 1 N–H and O–H groups in total. The van der Waals surface area contributed by atoms with Crippen LogP contribution in [0.3, 0.4) is 0 Å². The Morgan fingerprint density at radius 2 is 1.90 bits per heavy atom. The summed E-state index contributed by atoms with van der Waals surface area (Å²) >= 11 is 0. The van der Waals surface area contributed by atoms with Gasteiger partial charge in [-0.25, -0.2) is 4.98 Å². The van der Waals surface area contributed by atoms with Crippen LogP contribution in [-0.2, 0) is 12.0 Å². The van der Waals surface area contributed by atoms with Gasteiger partial charge in [0.15, 0.2) is 0 Å². The minimum absolute atomic E-state index is 0.0278. The molecular weight excluding hydrogens is 262 g/mol. The highest BCUT2D eigenvalue weighted by atomic mass is 16.5. The third-order valence-electron chi connectivity index (χ3n) is 4.65. The number of pyridine rings is 1. The van der Waals surface area contributed by atoms with Crippen LogP contribution in [0.15, 0.2) is 12.1 Å². The maximum atomic E-state index is 9.45. The highest BCUT2D eigenvalue weighted by molar-refractivity contribution is 5.28. The summed E-state index contributed by atoms with van der Waals surface area (Å²) in [7, 11) is 0. The van der Waals surface area contributed by atoms with E-state index in [0.717, 1.165) is 30.0 Å². The molecule has 1 saturated carbocycles. The molecule has 0 bridgehead atoms. The lowest BCUT2D eigenvalue weighted by Crippen LogP contribution is -2.29. The summed E-state index contributed by atoms with van der Waals surface area (Å²) in [5.41, 5.74) is 1.81. The van der Waals surface area contributed by atoms with E-state index in [0.29, 0.717) is 11.8 Å². The summed E-state index contributed by atoms with van der Waals surface area (Å²) in [5, 5.41) is 9.45. The van der Waals surface area contributed by atoms with Gasteiger partial charge in [-0.2, -0.15) is 0 Å². The predicted octanol–water partition coefficient (Wildman–Crippen LogP) is 4.07. The predicted molar refractivity (Wildman–Crippen MR) is 85.5 cm³/mol. The summed E-state index contributed by atoms with van der Waals surface area (Å²) in [6.45, 7) is 11.0. The van der Waals surface area contributed by atoms with Crippen LogP contribution in [0, 0.1) is 11.8 Å². The van der Waals surface area contributed by atoms with Gasteiger partial charge >= 0.3 is 0 Å². The lowest BCUT2D eigenvalue weighted by atomic mass is 9.80. The van der Waals surface area contributed by atoms with E-state index in [9.17, 15) is 5.11 Å². The highest BCUT2D eigenvalue weighted by Gasteiger charge is 2.26. The van der Waals surface area contributed by atoms with Crippen molar-refractivity contribution >= 4 is 0 Å². The molecule has 1 aromatic rings. The van der Waals surface area contributed by atoms with Crippen molar-refractivity contribution in [3.63, 3.8) is 0 Å². The molecule has 0 spiro atoms. The molecule has 0 saturated heterocycles. The normalized spacial score (nSPS) is 26.7. The van der Waals surface area contributed by atoms with Crippen LogP contribution in [0.2, 0.25) is 0 Å². The Bertz CT molecular complexity index is 479. The van der Waals surface area contributed by atoms with E-state index in [1.54, 1.807) is 0 Å². The third-order valence-corrected chi connectivity index (χ3v) is 4.65. The first-order chi connectivity index (χ1) is 9.79. The van der Waals surface area contributed by atoms with E-state index < -0.39 is 0 Å². The molecule has 3 heteroatoms. The molecule has 1 aliphatic rings. The summed E-state index contributed by atoms with van der Waals surface area (Å²) in [4.78, 5) is 4.66. The lowest BCUT2D eigenvalue weighted by molar-refractivity contribution is 0.0958. The maximum absolute atomic E-state index is 9.45. The van der Waals surface area contributed by atoms with Crippen molar-refractivity contribution in [2.45, 2.75) is 72.0 Å². The van der Waals surface area contributed by atoms with Gasteiger partial charge in [-0.05, 0) is 42.7 Å². The number of hydrogen-bond acceptors (Lipinski definition) is 3. The molecule has 0 aromatic carbocycles. The van der Waals surface area contributed by atoms with Crippen LogP contribution < -0.4 is 4.74 Å². The summed E-state index contributed by atoms with van der Waals surface area (Å²) in [6.07, 6.45) is 3.67. The van der Waals surface area contributed by atoms with Crippen LogP contribution in [0.5, 0.6) is 5.88 Å². The Morgan fingerprint density at radius 1 is 1.19 bits per heavy atom. The molecule has 0 radical (unpaired) electrons. The van der Waals surface area contributed by atoms with Gasteiger partial charge in [-0.3, -0.25) is 0 Å². The van der Waals surface area contributed by atoms with E-state index in [4.69, 9.17) is 4.74 Å². The first-order valence-corrected chi connectivity index (χ1v) is 8.08. The van der Waals surface area contributed by atoms with Crippen molar-refractivity contribution in [3.05, 3.63) is 23.4 Å². The standard InChI is InChI=1S/C18H29NO2/c1-12-6-7-15(8-13(12)2)21-17-10-14(11-20)9-16(19-17)18(3,4)5/h9-10,12-13,15,20H,6-8,11H2,1-5H3. The highest BCUT2D eigenvalue weighted by Crippen LogP contribution is 2.32. The number of aliphatic hydroxyl groups is 1. The second-order valence-corrected chi connectivity index (χ2v) is 7.61. The largest absolute Gasteiger partial charge is 0.474 e. The number of hydrogen-bond donors (Lipinski definition) is 1. The van der Waals surface area contributed by atoms with Crippen LogP contribution in [0.25, 0.3) is 0 Å². The van der Waals surface area contributed by atoms with Crippen molar-refractivity contribution in [1.29, 1.82) is 0 Å². The molecule has 1 heterocycles. The van der Waals surface area contributed by atoms with E-state index in [-0.39, 0.29) is 18.1 Å². The fourth-order valence-electron chi connectivity index (χ4n) is 2.87. The molecule has 0 amide bonds. The molecular formula is C18H29NO2. The molecule has 118 valence electrons. The van der Waals surface area contributed by atoms with Gasteiger partial charge in [0.05, 0.1) is 12.3 Å².